The molecule has 0 radical (unpaired) electrons. The zero-order valence-electron chi connectivity index (χ0n) is 11.4. The van der Waals surface area contributed by atoms with Gasteiger partial charge < -0.3 is 9.47 Å². The number of ether oxygens (including phenoxy) is 2. The summed E-state index contributed by atoms with van der Waals surface area (Å²) in [7, 11) is 3.15. The van der Waals surface area contributed by atoms with Crippen LogP contribution in [0, 0.1) is 0 Å². The Hall–Kier alpha value is -2.35. The van der Waals surface area contributed by atoms with Gasteiger partial charge in [-0.15, -0.1) is 0 Å². The molecule has 8 heteroatoms. The van der Waals surface area contributed by atoms with E-state index >= 15 is 0 Å². The SMILES string of the molecule is COc1ccc(/C=N/Nc2cn[nH]c(=O)c2Br)c(OC)c1. The third-order valence-corrected chi connectivity index (χ3v) is 3.41. The highest BCUT2D eigenvalue weighted by molar-refractivity contribution is 9.10. The first-order chi connectivity index (χ1) is 10.2. The van der Waals surface area contributed by atoms with E-state index in [1.165, 1.54) is 6.20 Å². The second-order valence-corrected chi connectivity index (χ2v) is 4.70. The number of benzene rings is 1. The van der Waals surface area contributed by atoms with E-state index in [2.05, 4.69) is 36.7 Å². The van der Waals surface area contributed by atoms with E-state index in [4.69, 9.17) is 9.47 Å². The molecule has 0 fully saturated rings. The van der Waals surface area contributed by atoms with E-state index in [9.17, 15) is 4.79 Å². The molecule has 0 bridgehead atoms. The van der Waals surface area contributed by atoms with Gasteiger partial charge in [-0.25, -0.2) is 5.10 Å². The normalized spacial score (nSPS) is 10.6. The molecule has 0 saturated carbocycles. The molecule has 0 spiro atoms. The van der Waals surface area contributed by atoms with Crippen molar-refractivity contribution in [3.63, 3.8) is 0 Å². The quantitative estimate of drug-likeness (QED) is 0.634. The van der Waals surface area contributed by atoms with Gasteiger partial charge in [0.15, 0.2) is 0 Å². The maximum absolute atomic E-state index is 11.4. The number of hydrazone groups is 1. The number of nitrogens with one attached hydrogen (secondary N) is 2. The van der Waals surface area contributed by atoms with Gasteiger partial charge in [0.25, 0.3) is 5.56 Å². The Bertz CT molecular complexity index is 715. The molecule has 0 aliphatic rings. The van der Waals surface area contributed by atoms with E-state index in [1.807, 2.05) is 6.07 Å². The number of hydrogen-bond acceptors (Lipinski definition) is 6. The molecule has 0 unspecified atom stereocenters. The second-order valence-electron chi connectivity index (χ2n) is 3.90. The topological polar surface area (TPSA) is 88.6 Å². The molecule has 1 heterocycles. The minimum Gasteiger partial charge on any atom is -0.497 e. The summed E-state index contributed by atoms with van der Waals surface area (Å²) in [5, 5.41) is 10.0. The number of aromatic amines is 1. The number of H-pyrrole nitrogens is 1. The first kappa shape index (κ1) is 15.0. The van der Waals surface area contributed by atoms with Crippen molar-refractivity contribution >= 4 is 27.8 Å². The summed E-state index contributed by atoms with van der Waals surface area (Å²) in [4.78, 5) is 11.4. The molecular weight excluding hydrogens is 340 g/mol. The summed E-state index contributed by atoms with van der Waals surface area (Å²) < 4.78 is 10.7. The second kappa shape index (κ2) is 6.89. The van der Waals surface area contributed by atoms with E-state index in [1.54, 1.807) is 32.6 Å². The Morgan fingerprint density at radius 2 is 2.19 bits per heavy atom. The standard InChI is InChI=1S/C13H13BrN4O3/c1-20-9-4-3-8(11(5-9)21-2)6-15-17-10-7-16-18-13(19)12(10)14/h3-7H,1-2H3,(H2,17,18,19)/b15-6+. The number of methoxy groups -OCH3 is 2. The average molecular weight is 353 g/mol. The van der Waals surface area contributed by atoms with Crippen molar-refractivity contribution in [2.75, 3.05) is 19.6 Å². The molecule has 2 N–H and O–H groups in total. The van der Waals surface area contributed by atoms with Crippen molar-refractivity contribution in [1.82, 2.24) is 10.2 Å². The van der Waals surface area contributed by atoms with Crippen molar-refractivity contribution in [1.29, 1.82) is 0 Å². The lowest BCUT2D eigenvalue weighted by Crippen LogP contribution is -2.10. The van der Waals surface area contributed by atoms with Crippen LogP contribution < -0.4 is 20.5 Å². The van der Waals surface area contributed by atoms with Gasteiger partial charge in [0.2, 0.25) is 0 Å². The molecule has 1 aromatic carbocycles. The zero-order valence-corrected chi connectivity index (χ0v) is 13.0. The van der Waals surface area contributed by atoms with Crippen LogP contribution in [0.4, 0.5) is 5.69 Å². The predicted octanol–water partition coefficient (Wildman–Crippen LogP) is 2.00. The molecule has 2 aromatic rings. The Morgan fingerprint density at radius 3 is 2.90 bits per heavy atom. The summed E-state index contributed by atoms with van der Waals surface area (Å²) in [5.74, 6) is 1.32. The smallest absolute Gasteiger partial charge is 0.280 e. The van der Waals surface area contributed by atoms with Crippen LogP contribution in [-0.4, -0.2) is 30.6 Å². The Kier molecular flexibility index (Phi) is 4.94. The molecule has 1 aromatic heterocycles. The van der Waals surface area contributed by atoms with Gasteiger partial charge in [0.05, 0.1) is 32.3 Å². The molecule has 0 saturated heterocycles. The van der Waals surface area contributed by atoms with Crippen LogP contribution >= 0.6 is 15.9 Å². The van der Waals surface area contributed by atoms with Crippen molar-refractivity contribution < 1.29 is 9.47 Å². The van der Waals surface area contributed by atoms with Gasteiger partial charge in [0, 0.05) is 11.6 Å². The first-order valence-electron chi connectivity index (χ1n) is 5.90. The molecular formula is C13H13BrN4O3. The van der Waals surface area contributed by atoms with Crippen LogP contribution in [0.25, 0.3) is 0 Å². The lowest BCUT2D eigenvalue weighted by atomic mass is 10.2. The number of anilines is 1. The van der Waals surface area contributed by atoms with Crippen LogP contribution in [-0.2, 0) is 0 Å². The molecule has 21 heavy (non-hydrogen) atoms. The highest BCUT2D eigenvalue weighted by atomic mass is 79.9. The van der Waals surface area contributed by atoms with E-state index in [-0.39, 0.29) is 5.56 Å². The van der Waals surface area contributed by atoms with Gasteiger partial charge in [-0.3, -0.25) is 10.2 Å². The highest BCUT2D eigenvalue weighted by Gasteiger charge is 2.04. The van der Waals surface area contributed by atoms with E-state index < -0.39 is 0 Å². The van der Waals surface area contributed by atoms with Gasteiger partial charge in [-0.1, -0.05) is 0 Å². The monoisotopic (exact) mass is 352 g/mol. The van der Waals surface area contributed by atoms with Gasteiger partial charge in [-0.05, 0) is 28.1 Å². The Labute approximate surface area is 129 Å². The fourth-order valence-electron chi connectivity index (χ4n) is 1.56. The molecule has 110 valence electrons. The van der Waals surface area contributed by atoms with Crippen molar-refractivity contribution in [3.8, 4) is 11.5 Å². The van der Waals surface area contributed by atoms with E-state index in [0.29, 0.717) is 21.7 Å². The number of hydrogen-bond donors (Lipinski definition) is 2. The predicted molar refractivity (Wildman–Crippen MR) is 83.3 cm³/mol. The molecule has 7 nitrogen and oxygen atoms in total. The molecule has 0 amide bonds. The Morgan fingerprint density at radius 1 is 1.38 bits per heavy atom. The Balaban J connectivity index is 2.18. The summed E-state index contributed by atoms with van der Waals surface area (Å²) in [6.45, 7) is 0. The highest BCUT2D eigenvalue weighted by Crippen LogP contribution is 2.23. The lowest BCUT2D eigenvalue weighted by molar-refractivity contribution is 0.394. The third-order valence-electron chi connectivity index (χ3n) is 2.62. The van der Waals surface area contributed by atoms with Crippen LogP contribution in [0.2, 0.25) is 0 Å². The minimum atomic E-state index is -0.336. The van der Waals surface area contributed by atoms with Crippen LogP contribution in [0.15, 0.2) is 38.8 Å². The molecule has 2 rings (SSSR count). The van der Waals surface area contributed by atoms with Gasteiger partial charge in [-0.2, -0.15) is 10.2 Å². The first-order valence-corrected chi connectivity index (χ1v) is 6.69. The number of aromatic nitrogens is 2. The number of rotatable bonds is 5. The van der Waals surface area contributed by atoms with Crippen LogP contribution in [0.3, 0.4) is 0 Å². The van der Waals surface area contributed by atoms with Crippen molar-refractivity contribution in [2.45, 2.75) is 0 Å². The van der Waals surface area contributed by atoms with E-state index in [0.717, 1.165) is 5.56 Å². The minimum absolute atomic E-state index is 0.330. The summed E-state index contributed by atoms with van der Waals surface area (Å²) >= 11 is 3.15. The molecule has 0 aliphatic carbocycles. The molecule has 0 aliphatic heterocycles. The van der Waals surface area contributed by atoms with Gasteiger partial charge in [0.1, 0.15) is 16.0 Å². The summed E-state index contributed by atoms with van der Waals surface area (Å²) in [6, 6.07) is 5.37. The summed E-state index contributed by atoms with van der Waals surface area (Å²) in [6.07, 6.45) is 3.03. The fourth-order valence-corrected chi connectivity index (χ4v) is 1.84. The lowest BCUT2D eigenvalue weighted by Gasteiger charge is -2.07. The zero-order chi connectivity index (χ0) is 15.2. The summed E-state index contributed by atoms with van der Waals surface area (Å²) in [5.41, 5.74) is 3.62. The van der Waals surface area contributed by atoms with Crippen molar-refractivity contribution in [3.05, 3.63) is 44.8 Å². The maximum Gasteiger partial charge on any atom is 0.280 e. The van der Waals surface area contributed by atoms with Crippen LogP contribution in [0.5, 0.6) is 11.5 Å². The molecule has 0 atom stereocenters. The maximum atomic E-state index is 11.4. The fraction of sp³-hybridized carbons (Fsp3) is 0.154. The number of nitrogens with zero attached hydrogens (tertiary/aromatic N) is 2. The third kappa shape index (κ3) is 3.60. The number of halogens is 1. The van der Waals surface area contributed by atoms with Crippen LogP contribution in [0.1, 0.15) is 5.56 Å². The average Bonchev–Trinajstić information content (AvgIpc) is 2.51. The van der Waals surface area contributed by atoms with Crippen molar-refractivity contribution in [2.24, 2.45) is 5.10 Å². The largest absolute Gasteiger partial charge is 0.497 e. The van der Waals surface area contributed by atoms with Gasteiger partial charge >= 0.3 is 0 Å².